The van der Waals surface area contributed by atoms with Crippen LogP contribution in [0.15, 0.2) is 41.8 Å². The number of hydrogen-bond donors (Lipinski definition) is 1. The van der Waals surface area contributed by atoms with E-state index < -0.39 is 0 Å². The van der Waals surface area contributed by atoms with Crippen molar-refractivity contribution in [3.05, 3.63) is 52.2 Å². The van der Waals surface area contributed by atoms with Gasteiger partial charge in [-0.3, -0.25) is 0 Å². The third kappa shape index (κ3) is 2.39. The number of benzene rings is 1. The van der Waals surface area contributed by atoms with Crippen LogP contribution >= 0.6 is 11.3 Å². The Morgan fingerprint density at radius 1 is 1.13 bits per heavy atom. The molecule has 0 saturated heterocycles. The lowest BCUT2D eigenvalue weighted by molar-refractivity contribution is 0.899. The van der Waals surface area contributed by atoms with Crippen LogP contribution in [0.2, 0.25) is 0 Å². The van der Waals surface area contributed by atoms with Crippen LogP contribution in [0.25, 0.3) is 0 Å². The van der Waals surface area contributed by atoms with Crippen molar-refractivity contribution in [1.29, 1.82) is 0 Å². The van der Waals surface area contributed by atoms with E-state index in [1.54, 1.807) is 0 Å². The maximum absolute atomic E-state index is 3.50. The summed E-state index contributed by atoms with van der Waals surface area (Å²) in [5, 5.41) is 5.64. The zero-order valence-corrected chi connectivity index (χ0v) is 9.84. The Labute approximate surface area is 94.8 Å². The van der Waals surface area contributed by atoms with E-state index in [4.69, 9.17) is 0 Å². The number of nitrogens with one attached hydrogen (secondary N) is 1. The van der Waals surface area contributed by atoms with Gasteiger partial charge < -0.3 is 5.32 Å². The van der Waals surface area contributed by atoms with Crippen LogP contribution in [0, 0.1) is 6.92 Å². The molecule has 2 heteroatoms. The van der Waals surface area contributed by atoms with E-state index in [9.17, 15) is 0 Å². The van der Waals surface area contributed by atoms with Gasteiger partial charge in [0.15, 0.2) is 0 Å². The second-order valence-corrected chi connectivity index (χ2v) is 4.65. The molecule has 1 nitrogen and oxygen atoms in total. The molecule has 0 fully saturated rings. The van der Waals surface area contributed by atoms with Gasteiger partial charge in [0.25, 0.3) is 0 Å². The Bertz CT molecular complexity index is 419. The Morgan fingerprint density at radius 2 is 1.87 bits per heavy atom. The number of rotatable bonds is 3. The minimum absolute atomic E-state index is 0.382. The lowest BCUT2D eigenvalue weighted by atomic mass is 10.2. The summed E-state index contributed by atoms with van der Waals surface area (Å²) in [4.78, 5) is 1.42. The SMILES string of the molecule is Cc1ccsc1[C@@H](C)Nc1ccccc1. The van der Waals surface area contributed by atoms with Crippen LogP contribution in [0.5, 0.6) is 0 Å². The normalized spacial score (nSPS) is 12.4. The Hall–Kier alpha value is -1.28. The van der Waals surface area contributed by atoms with Crippen molar-refractivity contribution in [2.24, 2.45) is 0 Å². The summed E-state index contributed by atoms with van der Waals surface area (Å²) < 4.78 is 0. The van der Waals surface area contributed by atoms with Crippen molar-refractivity contribution in [3.63, 3.8) is 0 Å². The zero-order chi connectivity index (χ0) is 10.7. The maximum atomic E-state index is 3.50. The largest absolute Gasteiger partial charge is 0.378 e. The molecule has 0 aliphatic rings. The molecule has 0 unspecified atom stereocenters. The van der Waals surface area contributed by atoms with Crippen LogP contribution in [-0.4, -0.2) is 0 Å². The molecule has 0 aliphatic carbocycles. The van der Waals surface area contributed by atoms with E-state index in [0.717, 1.165) is 0 Å². The summed E-state index contributed by atoms with van der Waals surface area (Å²) in [6, 6.07) is 12.9. The fourth-order valence-corrected chi connectivity index (χ4v) is 2.61. The first-order valence-corrected chi connectivity index (χ1v) is 6.01. The molecule has 15 heavy (non-hydrogen) atoms. The number of aryl methyl sites for hydroxylation is 1. The van der Waals surface area contributed by atoms with Gasteiger partial charge in [0.2, 0.25) is 0 Å². The van der Waals surface area contributed by atoms with Gasteiger partial charge >= 0.3 is 0 Å². The van der Waals surface area contributed by atoms with Gasteiger partial charge in [-0.1, -0.05) is 18.2 Å². The number of para-hydroxylation sites is 1. The predicted octanol–water partition coefficient (Wildman–Crippen LogP) is 4.23. The molecule has 1 aromatic carbocycles. The molecule has 0 saturated carbocycles. The van der Waals surface area contributed by atoms with Crippen molar-refractivity contribution in [2.45, 2.75) is 19.9 Å². The molecule has 1 N–H and O–H groups in total. The van der Waals surface area contributed by atoms with Crippen molar-refractivity contribution in [3.8, 4) is 0 Å². The first kappa shape index (κ1) is 10.2. The third-order valence-corrected chi connectivity index (χ3v) is 3.65. The number of anilines is 1. The predicted molar refractivity (Wildman–Crippen MR) is 67.5 cm³/mol. The van der Waals surface area contributed by atoms with Crippen LogP contribution in [0.4, 0.5) is 5.69 Å². The van der Waals surface area contributed by atoms with Crippen molar-refractivity contribution in [2.75, 3.05) is 5.32 Å². The molecule has 2 aromatic rings. The van der Waals surface area contributed by atoms with E-state index in [1.807, 2.05) is 17.4 Å². The summed E-state index contributed by atoms with van der Waals surface area (Å²) in [6.07, 6.45) is 0. The van der Waals surface area contributed by atoms with Gasteiger partial charge in [-0.15, -0.1) is 11.3 Å². The first-order chi connectivity index (χ1) is 7.27. The lowest BCUT2D eigenvalue weighted by Gasteiger charge is -2.14. The molecule has 0 spiro atoms. The van der Waals surface area contributed by atoms with E-state index >= 15 is 0 Å². The highest BCUT2D eigenvalue weighted by atomic mass is 32.1. The van der Waals surface area contributed by atoms with Gasteiger partial charge in [-0.05, 0) is 43.0 Å². The molecule has 78 valence electrons. The molecular weight excluding hydrogens is 202 g/mol. The Kier molecular flexibility index (Phi) is 3.07. The smallest absolute Gasteiger partial charge is 0.0581 e. The molecule has 0 aliphatic heterocycles. The molecular formula is C13H15NS. The molecule has 0 radical (unpaired) electrons. The van der Waals surface area contributed by atoms with Crippen molar-refractivity contribution >= 4 is 17.0 Å². The summed E-state index contributed by atoms with van der Waals surface area (Å²) in [5.41, 5.74) is 2.55. The van der Waals surface area contributed by atoms with E-state index in [-0.39, 0.29) is 0 Å². The summed E-state index contributed by atoms with van der Waals surface area (Å²) in [6.45, 7) is 4.36. The Morgan fingerprint density at radius 3 is 2.47 bits per heavy atom. The monoisotopic (exact) mass is 217 g/mol. The van der Waals surface area contributed by atoms with Gasteiger partial charge in [0.05, 0.1) is 6.04 Å². The molecule has 1 atom stereocenters. The minimum atomic E-state index is 0.382. The lowest BCUT2D eigenvalue weighted by Crippen LogP contribution is -2.05. The van der Waals surface area contributed by atoms with Crippen LogP contribution in [-0.2, 0) is 0 Å². The number of thiophene rings is 1. The zero-order valence-electron chi connectivity index (χ0n) is 9.03. The first-order valence-electron chi connectivity index (χ1n) is 5.13. The average molecular weight is 217 g/mol. The van der Waals surface area contributed by atoms with Gasteiger partial charge in [0, 0.05) is 10.6 Å². The van der Waals surface area contributed by atoms with Gasteiger partial charge in [-0.25, -0.2) is 0 Å². The van der Waals surface area contributed by atoms with Crippen molar-refractivity contribution < 1.29 is 0 Å². The van der Waals surface area contributed by atoms with E-state index in [0.29, 0.717) is 6.04 Å². The van der Waals surface area contributed by atoms with Crippen molar-refractivity contribution in [1.82, 2.24) is 0 Å². The van der Waals surface area contributed by atoms with E-state index in [2.05, 4.69) is 54.9 Å². The van der Waals surface area contributed by atoms with Crippen LogP contribution in [0.1, 0.15) is 23.4 Å². The quantitative estimate of drug-likeness (QED) is 0.811. The fourth-order valence-electron chi connectivity index (χ4n) is 1.68. The van der Waals surface area contributed by atoms with Crippen LogP contribution in [0.3, 0.4) is 0 Å². The number of hydrogen-bond acceptors (Lipinski definition) is 2. The summed E-state index contributed by atoms with van der Waals surface area (Å²) in [7, 11) is 0. The second kappa shape index (κ2) is 4.49. The molecule has 2 rings (SSSR count). The molecule has 0 amide bonds. The topological polar surface area (TPSA) is 12.0 Å². The molecule has 1 heterocycles. The highest BCUT2D eigenvalue weighted by Gasteiger charge is 2.08. The van der Waals surface area contributed by atoms with E-state index in [1.165, 1.54) is 16.1 Å². The Balaban J connectivity index is 2.11. The summed E-state index contributed by atoms with van der Waals surface area (Å²) in [5.74, 6) is 0. The molecule has 1 aromatic heterocycles. The fraction of sp³-hybridized carbons (Fsp3) is 0.231. The van der Waals surface area contributed by atoms with Crippen LogP contribution < -0.4 is 5.32 Å². The highest BCUT2D eigenvalue weighted by molar-refractivity contribution is 7.10. The summed E-state index contributed by atoms with van der Waals surface area (Å²) >= 11 is 1.81. The minimum Gasteiger partial charge on any atom is -0.378 e. The third-order valence-electron chi connectivity index (χ3n) is 2.45. The van der Waals surface area contributed by atoms with Gasteiger partial charge in [-0.2, -0.15) is 0 Å². The van der Waals surface area contributed by atoms with Gasteiger partial charge in [0.1, 0.15) is 0 Å². The second-order valence-electron chi connectivity index (χ2n) is 3.70. The average Bonchev–Trinajstić information content (AvgIpc) is 2.66. The standard InChI is InChI=1S/C13H15NS/c1-10-8-9-15-13(10)11(2)14-12-6-4-3-5-7-12/h3-9,11,14H,1-2H3/t11-/m1/s1. The maximum Gasteiger partial charge on any atom is 0.0581 e. The highest BCUT2D eigenvalue weighted by Crippen LogP contribution is 2.26. The molecule has 0 bridgehead atoms.